The minimum Gasteiger partial charge on any atom is -0.398 e. The third kappa shape index (κ3) is 4.26. The molecule has 106 valence electrons. The van der Waals surface area contributed by atoms with Gasteiger partial charge >= 0.3 is 0 Å². The van der Waals surface area contributed by atoms with Gasteiger partial charge in [-0.3, -0.25) is 4.90 Å². The van der Waals surface area contributed by atoms with E-state index >= 15 is 0 Å². The number of benzene rings is 2. The third-order valence-electron chi connectivity index (χ3n) is 3.29. The van der Waals surface area contributed by atoms with Crippen LogP contribution in [0.15, 0.2) is 48.5 Å². The molecule has 0 fully saturated rings. The van der Waals surface area contributed by atoms with Gasteiger partial charge in [0.25, 0.3) is 0 Å². The fourth-order valence-corrected chi connectivity index (χ4v) is 2.52. The molecule has 2 aromatic carbocycles. The normalized spacial score (nSPS) is 10.9. The summed E-state index contributed by atoms with van der Waals surface area (Å²) in [7, 11) is 0. The summed E-state index contributed by atoms with van der Waals surface area (Å²) in [6.45, 7) is 5.00. The van der Waals surface area contributed by atoms with Gasteiger partial charge in [0.15, 0.2) is 0 Å². The summed E-state index contributed by atoms with van der Waals surface area (Å²) in [4.78, 5) is 2.40. The van der Waals surface area contributed by atoms with Crippen molar-refractivity contribution in [3.8, 4) is 0 Å². The maximum Gasteiger partial charge on any atom is 0.0410 e. The second-order valence-corrected chi connectivity index (χ2v) is 5.48. The molecule has 3 heteroatoms. The van der Waals surface area contributed by atoms with Crippen LogP contribution in [0.4, 0.5) is 5.69 Å². The smallest absolute Gasteiger partial charge is 0.0410 e. The van der Waals surface area contributed by atoms with Crippen molar-refractivity contribution in [3.63, 3.8) is 0 Å². The molecule has 0 unspecified atom stereocenters. The molecule has 2 rings (SSSR count). The Labute approximate surface area is 126 Å². The molecule has 0 heterocycles. The highest BCUT2D eigenvalue weighted by Gasteiger charge is 2.09. The van der Waals surface area contributed by atoms with Crippen LogP contribution in [0.25, 0.3) is 0 Å². The van der Waals surface area contributed by atoms with E-state index in [1.165, 1.54) is 5.56 Å². The van der Waals surface area contributed by atoms with Gasteiger partial charge in [0.2, 0.25) is 0 Å². The molecule has 0 radical (unpaired) electrons. The molecular formula is C17H21ClN2. The highest BCUT2D eigenvalue weighted by atomic mass is 35.5. The minimum absolute atomic E-state index is 0.741. The minimum atomic E-state index is 0.741. The van der Waals surface area contributed by atoms with Gasteiger partial charge in [-0.15, -0.1) is 0 Å². The van der Waals surface area contributed by atoms with Crippen LogP contribution in [-0.4, -0.2) is 11.4 Å². The van der Waals surface area contributed by atoms with E-state index in [0.29, 0.717) is 0 Å². The van der Waals surface area contributed by atoms with E-state index in [2.05, 4.69) is 36.1 Å². The molecule has 0 saturated heterocycles. The lowest BCUT2D eigenvalue weighted by Crippen LogP contribution is -2.24. The lowest BCUT2D eigenvalue weighted by atomic mass is 10.1. The molecule has 0 aliphatic carbocycles. The first-order valence-corrected chi connectivity index (χ1v) is 7.37. The van der Waals surface area contributed by atoms with Gasteiger partial charge in [0, 0.05) is 23.8 Å². The molecule has 0 bridgehead atoms. The Bertz CT molecular complexity index is 540. The Kier molecular flexibility index (Phi) is 5.45. The number of hydrogen-bond acceptors (Lipinski definition) is 2. The van der Waals surface area contributed by atoms with E-state index in [1.54, 1.807) is 0 Å². The topological polar surface area (TPSA) is 29.3 Å². The molecule has 2 aromatic rings. The summed E-state index contributed by atoms with van der Waals surface area (Å²) < 4.78 is 0. The number of nitrogen functional groups attached to an aromatic ring is 1. The lowest BCUT2D eigenvalue weighted by molar-refractivity contribution is 0.258. The molecule has 0 aromatic heterocycles. The molecule has 0 aliphatic heterocycles. The molecule has 0 saturated carbocycles. The maximum absolute atomic E-state index is 6.06. The lowest BCUT2D eigenvalue weighted by Gasteiger charge is -2.22. The van der Waals surface area contributed by atoms with Gasteiger partial charge in [-0.1, -0.05) is 48.9 Å². The Hall–Kier alpha value is -1.51. The van der Waals surface area contributed by atoms with Crippen LogP contribution in [-0.2, 0) is 13.1 Å². The number of nitrogens with zero attached hydrogens (tertiary/aromatic N) is 1. The number of nitrogens with two attached hydrogens (primary N) is 1. The van der Waals surface area contributed by atoms with Gasteiger partial charge in [-0.25, -0.2) is 0 Å². The molecule has 0 atom stereocenters. The van der Waals surface area contributed by atoms with E-state index in [4.69, 9.17) is 17.3 Å². The van der Waals surface area contributed by atoms with Crippen molar-refractivity contribution in [1.82, 2.24) is 4.90 Å². The number of hydrogen-bond donors (Lipinski definition) is 1. The Morgan fingerprint density at radius 3 is 2.50 bits per heavy atom. The Balaban J connectivity index is 2.11. The van der Waals surface area contributed by atoms with Crippen molar-refractivity contribution in [3.05, 3.63) is 64.7 Å². The quantitative estimate of drug-likeness (QED) is 0.802. The molecule has 0 spiro atoms. The highest BCUT2D eigenvalue weighted by Crippen LogP contribution is 2.20. The first-order chi connectivity index (χ1) is 9.69. The SMILES string of the molecule is CCCN(Cc1ccccc1)Cc1cc(Cl)ccc1N. The van der Waals surface area contributed by atoms with Gasteiger partial charge in [0.05, 0.1) is 0 Å². The zero-order chi connectivity index (χ0) is 14.4. The molecular weight excluding hydrogens is 268 g/mol. The average molecular weight is 289 g/mol. The summed E-state index contributed by atoms with van der Waals surface area (Å²) in [5.74, 6) is 0. The van der Waals surface area contributed by atoms with Gasteiger partial charge < -0.3 is 5.73 Å². The fraction of sp³-hybridized carbons (Fsp3) is 0.294. The highest BCUT2D eigenvalue weighted by molar-refractivity contribution is 6.30. The number of halogens is 1. The van der Waals surface area contributed by atoms with Crippen molar-refractivity contribution >= 4 is 17.3 Å². The van der Waals surface area contributed by atoms with E-state index in [1.807, 2.05) is 24.3 Å². The van der Waals surface area contributed by atoms with Crippen LogP contribution >= 0.6 is 11.6 Å². The standard InChI is InChI=1S/C17H21ClN2/c1-2-10-20(12-14-6-4-3-5-7-14)13-15-11-16(18)8-9-17(15)19/h3-9,11H,2,10,12-13,19H2,1H3. The van der Waals surface area contributed by atoms with Crippen LogP contribution in [0.1, 0.15) is 24.5 Å². The predicted octanol–water partition coefficient (Wildman–Crippen LogP) is 4.33. The first kappa shape index (κ1) is 14.9. The number of rotatable bonds is 6. The largest absolute Gasteiger partial charge is 0.398 e. The van der Waals surface area contributed by atoms with Gasteiger partial charge in [0.1, 0.15) is 0 Å². The van der Waals surface area contributed by atoms with Crippen LogP contribution in [0.2, 0.25) is 5.02 Å². The summed E-state index contributed by atoms with van der Waals surface area (Å²) >= 11 is 6.06. The molecule has 2 nitrogen and oxygen atoms in total. The van der Waals surface area contributed by atoms with Crippen molar-refractivity contribution < 1.29 is 0 Å². The molecule has 0 amide bonds. The summed E-state index contributed by atoms with van der Waals surface area (Å²) in [5, 5.41) is 0.741. The second kappa shape index (κ2) is 7.32. The van der Waals surface area contributed by atoms with E-state index in [0.717, 1.165) is 42.3 Å². The number of anilines is 1. The maximum atomic E-state index is 6.06. The predicted molar refractivity (Wildman–Crippen MR) is 86.7 cm³/mol. The zero-order valence-corrected chi connectivity index (χ0v) is 12.6. The van der Waals surface area contributed by atoms with E-state index in [-0.39, 0.29) is 0 Å². The van der Waals surface area contributed by atoms with Crippen LogP contribution in [0.5, 0.6) is 0 Å². The zero-order valence-electron chi connectivity index (χ0n) is 11.8. The molecule has 20 heavy (non-hydrogen) atoms. The van der Waals surface area contributed by atoms with Crippen molar-refractivity contribution in [2.45, 2.75) is 26.4 Å². The van der Waals surface area contributed by atoms with Crippen molar-refractivity contribution in [2.75, 3.05) is 12.3 Å². The summed E-state index contributed by atoms with van der Waals surface area (Å²) in [6, 6.07) is 16.2. The van der Waals surface area contributed by atoms with Crippen molar-refractivity contribution in [1.29, 1.82) is 0 Å². The van der Waals surface area contributed by atoms with E-state index in [9.17, 15) is 0 Å². The first-order valence-electron chi connectivity index (χ1n) is 6.99. The second-order valence-electron chi connectivity index (χ2n) is 5.04. The summed E-state index contributed by atoms with van der Waals surface area (Å²) in [5.41, 5.74) is 9.27. The fourth-order valence-electron chi connectivity index (χ4n) is 2.32. The van der Waals surface area contributed by atoms with Gasteiger partial charge in [-0.05, 0) is 42.3 Å². The molecule has 0 aliphatic rings. The van der Waals surface area contributed by atoms with Crippen molar-refractivity contribution in [2.24, 2.45) is 0 Å². The third-order valence-corrected chi connectivity index (χ3v) is 3.52. The van der Waals surface area contributed by atoms with E-state index < -0.39 is 0 Å². The van der Waals surface area contributed by atoms with Gasteiger partial charge in [-0.2, -0.15) is 0 Å². The molecule has 2 N–H and O–H groups in total. The van der Waals surface area contributed by atoms with Crippen LogP contribution < -0.4 is 5.73 Å². The Morgan fingerprint density at radius 2 is 1.80 bits per heavy atom. The van der Waals surface area contributed by atoms with Crippen LogP contribution in [0.3, 0.4) is 0 Å². The summed E-state index contributed by atoms with van der Waals surface area (Å²) in [6.07, 6.45) is 1.12. The van der Waals surface area contributed by atoms with Crippen LogP contribution in [0, 0.1) is 0 Å². The monoisotopic (exact) mass is 288 g/mol. The average Bonchev–Trinajstić information content (AvgIpc) is 2.44. The Morgan fingerprint density at radius 1 is 1.05 bits per heavy atom.